The van der Waals surface area contributed by atoms with Gasteiger partial charge >= 0.3 is 0 Å². The molecule has 26 heavy (non-hydrogen) atoms. The molecule has 1 aliphatic rings. The first-order chi connectivity index (χ1) is 12.4. The second-order valence-electron chi connectivity index (χ2n) is 6.36. The number of aromatic nitrogens is 1. The molecule has 6 nitrogen and oxygen atoms in total. The third kappa shape index (κ3) is 3.00. The van der Waals surface area contributed by atoms with Crippen molar-refractivity contribution in [2.45, 2.75) is 31.4 Å². The summed E-state index contributed by atoms with van der Waals surface area (Å²) in [7, 11) is 0. The van der Waals surface area contributed by atoms with Gasteiger partial charge in [0, 0.05) is 24.0 Å². The quantitative estimate of drug-likeness (QED) is 0.860. The van der Waals surface area contributed by atoms with E-state index in [-0.39, 0.29) is 11.7 Å². The van der Waals surface area contributed by atoms with E-state index < -0.39 is 11.5 Å². The number of aliphatic hydroxyl groups is 1. The molecule has 1 saturated heterocycles. The predicted octanol–water partition coefficient (Wildman–Crippen LogP) is 2.58. The number of pyridine rings is 1. The second kappa shape index (κ2) is 6.94. The first-order valence-electron chi connectivity index (χ1n) is 8.35. The van der Waals surface area contributed by atoms with E-state index in [2.05, 4.69) is 9.88 Å². The fourth-order valence-corrected chi connectivity index (χ4v) is 3.86. The number of nitrogens with two attached hydrogens (primary N) is 1. The average molecular weight is 371 g/mol. The SMILES string of the molecule is CC[C@H]1N(c2ccc(C#N)c(Cl)c2)CC[C@]1(O)c1ccc(C(N)=O)nc1. The van der Waals surface area contributed by atoms with Crippen molar-refractivity contribution < 1.29 is 9.90 Å². The lowest BCUT2D eigenvalue weighted by molar-refractivity contribution is 0.0263. The highest BCUT2D eigenvalue weighted by Crippen LogP contribution is 2.42. The molecule has 7 heteroatoms. The number of halogens is 1. The van der Waals surface area contributed by atoms with Gasteiger partial charge in [-0.25, -0.2) is 0 Å². The number of carbonyl (C=O) groups excluding carboxylic acids is 1. The zero-order valence-electron chi connectivity index (χ0n) is 14.3. The lowest BCUT2D eigenvalue weighted by atomic mass is 9.86. The number of nitriles is 1. The highest BCUT2D eigenvalue weighted by atomic mass is 35.5. The number of primary amides is 1. The number of amides is 1. The van der Waals surface area contributed by atoms with Gasteiger partial charge in [0.05, 0.1) is 16.6 Å². The minimum atomic E-state index is -1.10. The molecule has 1 amide bonds. The smallest absolute Gasteiger partial charge is 0.267 e. The van der Waals surface area contributed by atoms with Crippen molar-refractivity contribution in [3.63, 3.8) is 0 Å². The van der Waals surface area contributed by atoms with E-state index in [1.54, 1.807) is 18.2 Å². The molecular weight excluding hydrogens is 352 g/mol. The average Bonchev–Trinajstić information content (AvgIpc) is 2.99. The molecule has 2 atom stereocenters. The Morgan fingerprint density at radius 1 is 1.50 bits per heavy atom. The van der Waals surface area contributed by atoms with E-state index >= 15 is 0 Å². The maximum atomic E-state index is 11.4. The van der Waals surface area contributed by atoms with Crippen LogP contribution in [-0.2, 0) is 5.60 Å². The van der Waals surface area contributed by atoms with E-state index in [0.29, 0.717) is 35.5 Å². The molecule has 0 spiro atoms. The molecule has 0 radical (unpaired) electrons. The van der Waals surface area contributed by atoms with Crippen LogP contribution in [-0.4, -0.2) is 28.6 Å². The topological polar surface area (TPSA) is 103 Å². The zero-order valence-corrected chi connectivity index (χ0v) is 15.1. The fourth-order valence-electron chi connectivity index (χ4n) is 3.64. The monoisotopic (exact) mass is 370 g/mol. The number of nitrogens with zero attached hydrogens (tertiary/aromatic N) is 3. The van der Waals surface area contributed by atoms with Crippen molar-refractivity contribution in [1.29, 1.82) is 5.26 Å². The molecule has 134 valence electrons. The summed E-state index contributed by atoms with van der Waals surface area (Å²) in [5.74, 6) is -0.601. The van der Waals surface area contributed by atoms with Gasteiger partial charge in [-0.1, -0.05) is 24.6 Å². The molecule has 1 aliphatic heterocycles. The van der Waals surface area contributed by atoms with E-state index in [1.165, 1.54) is 12.3 Å². The minimum absolute atomic E-state index is 0.166. The fraction of sp³-hybridized carbons (Fsp3) is 0.316. The number of hydrogen-bond acceptors (Lipinski definition) is 5. The van der Waals surface area contributed by atoms with Crippen LogP contribution in [0.15, 0.2) is 36.5 Å². The molecule has 1 aromatic carbocycles. The summed E-state index contributed by atoms with van der Waals surface area (Å²) >= 11 is 6.17. The number of benzene rings is 1. The number of carbonyl (C=O) groups is 1. The molecule has 1 fully saturated rings. The normalized spacial score (nSPS) is 22.2. The van der Waals surface area contributed by atoms with Gasteiger partial charge in [-0.2, -0.15) is 5.26 Å². The maximum Gasteiger partial charge on any atom is 0.267 e. The van der Waals surface area contributed by atoms with Crippen LogP contribution in [0.2, 0.25) is 5.02 Å². The van der Waals surface area contributed by atoms with Crippen molar-refractivity contribution in [1.82, 2.24) is 4.98 Å². The number of hydrogen-bond donors (Lipinski definition) is 2. The molecule has 0 aliphatic carbocycles. The molecule has 0 saturated carbocycles. The molecule has 1 aromatic heterocycles. The maximum absolute atomic E-state index is 11.4. The van der Waals surface area contributed by atoms with Gasteiger partial charge in [0.15, 0.2) is 0 Å². The zero-order chi connectivity index (χ0) is 18.9. The standard InChI is InChI=1S/C19H19ClN4O2/c1-2-17-19(26,13-4-6-16(18(22)25)23-11-13)7-8-24(17)14-5-3-12(10-21)15(20)9-14/h3-6,9,11,17,26H,2,7-8H2,1H3,(H2,22,25)/t17-,19+/m1/s1. The lowest BCUT2D eigenvalue weighted by Crippen LogP contribution is -2.42. The molecule has 0 unspecified atom stereocenters. The molecular formula is C19H19ClN4O2. The summed E-state index contributed by atoms with van der Waals surface area (Å²) in [6, 6.07) is 10.4. The largest absolute Gasteiger partial charge is 0.383 e. The molecule has 3 N–H and O–H groups in total. The van der Waals surface area contributed by atoms with E-state index in [1.807, 2.05) is 19.1 Å². The Balaban J connectivity index is 1.94. The van der Waals surface area contributed by atoms with Crippen molar-refractivity contribution in [3.05, 3.63) is 58.4 Å². The van der Waals surface area contributed by atoms with Gasteiger partial charge in [0.25, 0.3) is 5.91 Å². The highest BCUT2D eigenvalue weighted by molar-refractivity contribution is 6.32. The van der Waals surface area contributed by atoms with Crippen LogP contribution in [0.5, 0.6) is 0 Å². The molecule has 0 bridgehead atoms. The summed E-state index contributed by atoms with van der Waals surface area (Å²) in [5, 5.41) is 20.8. The Kier molecular flexibility index (Phi) is 4.86. The van der Waals surface area contributed by atoms with Crippen molar-refractivity contribution >= 4 is 23.2 Å². The Bertz CT molecular complexity index is 878. The van der Waals surface area contributed by atoms with Crippen LogP contribution in [0, 0.1) is 11.3 Å². The van der Waals surface area contributed by atoms with Crippen molar-refractivity contribution in [2.24, 2.45) is 5.73 Å². The summed E-state index contributed by atoms with van der Waals surface area (Å²) in [4.78, 5) is 17.4. The van der Waals surface area contributed by atoms with E-state index in [9.17, 15) is 9.90 Å². The summed E-state index contributed by atoms with van der Waals surface area (Å²) in [5.41, 5.74) is 6.23. The lowest BCUT2D eigenvalue weighted by Gasteiger charge is -2.35. The van der Waals surface area contributed by atoms with Crippen LogP contribution in [0.4, 0.5) is 5.69 Å². The first-order valence-corrected chi connectivity index (χ1v) is 8.73. The molecule has 2 heterocycles. The molecule has 2 aromatic rings. The molecule has 3 rings (SSSR count). The van der Waals surface area contributed by atoms with Gasteiger partial charge in [-0.15, -0.1) is 0 Å². The Morgan fingerprint density at radius 2 is 2.27 bits per heavy atom. The van der Waals surface area contributed by atoms with Gasteiger partial charge in [0.2, 0.25) is 0 Å². The van der Waals surface area contributed by atoms with E-state index in [0.717, 1.165) is 5.69 Å². The Labute approximate surface area is 156 Å². The summed E-state index contributed by atoms with van der Waals surface area (Å²) < 4.78 is 0. The second-order valence-corrected chi connectivity index (χ2v) is 6.77. The van der Waals surface area contributed by atoms with Crippen LogP contribution >= 0.6 is 11.6 Å². The number of rotatable bonds is 4. The van der Waals surface area contributed by atoms with Crippen molar-refractivity contribution in [2.75, 3.05) is 11.4 Å². The van der Waals surface area contributed by atoms with Crippen molar-refractivity contribution in [3.8, 4) is 6.07 Å². The Hall–Kier alpha value is -2.62. The summed E-state index contributed by atoms with van der Waals surface area (Å²) in [6.45, 7) is 2.64. The summed E-state index contributed by atoms with van der Waals surface area (Å²) in [6.07, 6.45) is 2.73. The van der Waals surface area contributed by atoms with Crippen LogP contribution in [0.3, 0.4) is 0 Å². The highest BCUT2D eigenvalue weighted by Gasteiger charge is 2.46. The van der Waals surface area contributed by atoms with Gasteiger partial charge in [-0.05, 0) is 37.1 Å². The van der Waals surface area contributed by atoms with Gasteiger partial charge in [0.1, 0.15) is 17.4 Å². The van der Waals surface area contributed by atoms with Crippen LogP contribution in [0.25, 0.3) is 0 Å². The number of anilines is 1. The Morgan fingerprint density at radius 3 is 2.81 bits per heavy atom. The first kappa shape index (κ1) is 18.2. The predicted molar refractivity (Wildman–Crippen MR) is 98.9 cm³/mol. The van der Waals surface area contributed by atoms with Gasteiger partial charge in [-0.3, -0.25) is 9.78 Å². The van der Waals surface area contributed by atoms with E-state index in [4.69, 9.17) is 22.6 Å². The minimum Gasteiger partial charge on any atom is -0.383 e. The van der Waals surface area contributed by atoms with Gasteiger partial charge < -0.3 is 15.7 Å². The third-order valence-electron chi connectivity index (χ3n) is 4.97. The van der Waals surface area contributed by atoms with Crippen LogP contribution in [0.1, 0.15) is 41.4 Å². The third-order valence-corrected chi connectivity index (χ3v) is 5.28. The van der Waals surface area contributed by atoms with Crippen LogP contribution < -0.4 is 10.6 Å².